The van der Waals surface area contributed by atoms with Crippen molar-refractivity contribution in [1.29, 1.82) is 0 Å². The lowest BCUT2D eigenvalue weighted by Gasteiger charge is -2.09. The SMILES string of the molecule is CCC(N)CCNC(=O)c1cncn1C. The predicted molar refractivity (Wildman–Crippen MR) is 58.4 cm³/mol. The summed E-state index contributed by atoms with van der Waals surface area (Å²) in [6.07, 6.45) is 4.89. The van der Waals surface area contributed by atoms with E-state index in [2.05, 4.69) is 10.3 Å². The second-order valence-corrected chi connectivity index (χ2v) is 3.60. The van der Waals surface area contributed by atoms with Gasteiger partial charge >= 0.3 is 0 Å². The standard InChI is InChI=1S/C10H18N4O/c1-3-8(11)4-5-13-10(15)9-6-12-7-14(9)2/h6-8H,3-5,11H2,1-2H3,(H,13,15). The third kappa shape index (κ3) is 3.36. The molecule has 1 amide bonds. The Morgan fingerprint density at radius 3 is 3.00 bits per heavy atom. The smallest absolute Gasteiger partial charge is 0.269 e. The normalized spacial score (nSPS) is 12.5. The van der Waals surface area contributed by atoms with Crippen LogP contribution in [0.5, 0.6) is 0 Å². The molecule has 15 heavy (non-hydrogen) atoms. The van der Waals surface area contributed by atoms with Gasteiger partial charge in [0.15, 0.2) is 0 Å². The van der Waals surface area contributed by atoms with Crippen LogP contribution >= 0.6 is 0 Å². The molecule has 0 bridgehead atoms. The molecule has 1 aromatic rings. The first-order valence-electron chi connectivity index (χ1n) is 5.15. The van der Waals surface area contributed by atoms with Gasteiger partial charge in [-0.25, -0.2) is 4.98 Å². The van der Waals surface area contributed by atoms with Gasteiger partial charge in [0, 0.05) is 19.6 Å². The maximum atomic E-state index is 11.6. The lowest BCUT2D eigenvalue weighted by Crippen LogP contribution is -2.30. The Bertz CT molecular complexity index is 321. The minimum Gasteiger partial charge on any atom is -0.351 e. The number of amides is 1. The van der Waals surface area contributed by atoms with E-state index < -0.39 is 0 Å². The number of nitrogens with two attached hydrogens (primary N) is 1. The Balaban J connectivity index is 2.34. The summed E-state index contributed by atoms with van der Waals surface area (Å²) < 4.78 is 1.69. The second-order valence-electron chi connectivity index (χ2n) is 3.60. The number of aryl methyl sites for hydroxylation is 1. The molecule has 1 atom stereocenters. The van der Waals surface area contributed by atoms with E-state index in [9.17, 15) is 4.79 Å². The van der Waals surface area contributed by atoms with E-state index in [4.69, 9.17) is 5.73 Å². The van der Waals surface area contributed by atoms with Gasteiger partial charge in [-0.05, 0) is 12.8 Å². The summed E-state index contributed by atoms with van der Waals surface area (Å²) in [4.78, 5) is 15.5. The molecule has 84 valence electrons. The quantitative estimate of drug-likeness (QED) is 0.733. The van der Waals surface area contributed by atoms with Crippen LogP contribution < -0.4 is 11.1 Å². The molecule has 0 aliphatic heterocycles. The van der Waals surface area contributed by atoms with Crippen molar-refractivity contribution in [2.45, 2.75) is 25.8 Å². The van der Waals surface area contributed by atoms with E-state index in [1.807, 2.05) is 6.92 Å². The van der Waals surface area contributed by atoms with Crippen LogP contribution in [-0.4, -0.2) is 28.0 Å². The van der Waals surface area contributed by atoms with Gasteiger partial charge in [0.2, 0.25) is 0 Å². The van der Waals surface area contributed by atoms with Crippen molar-refractivity contribution in [3.8, 4) is 0 Å². The largest absolute Gasteiger partial charge is 0.351 e. The number of nitrogens with one attached hydrogen (secondary N) is 1. The van der Waals surface area contributed by atoms with Crippen LogP contribution in [0.25, 0.3) is 0 Å². The van der Waals surface area contributed by atoms with Crippen molar-refractivity contribution >= 4 is 5.91 Å². The fourth-order valence-electron chi connectivity index (χ4n) is 1.24. The van der Waals surface area contributed by atoms with Crippen molar-refractivity contribution < 1.29 is 4.79 Å². The lowest BCUT2D eigenvalue weighted by molar-refractivity contribution is 0.0944. The summed E-state index contributed by atoms with van der Waals surface area (Å²) >= 11 is 0. The zero-order valence-corrected chi connectivity index (χ0v) is 9.23. The molecular formula is C10H18N4O. The van der Waals surface area contributed by atoms with Crippen molar-refractivity contribution in [3.63, 3.8) is 0 Å². The molecule has 1 aromatic heterocycles. The average Bonchev–Trinajstić information content (AvgIpc) is 2.64. The number of rotatable bonds is 5. The minimum atomic E-state index is -0.0988. The highest BCUT2D eigenvalue weighted by Gasteiger charge is 2.09. The third-order valence-electron chi connectivity index (χ3n) is 2.37. The molecule has 0 saturated carbocycles. The number of imidazole rings is 1. The molecule has 0 aromatic carbocycles. The average molecular weight is 210 g/mol. The number of nitrogens with zero attached hydrogens (tertiary/aromatic N) is 2. The first-order valence-corrected chi connectivity index (χ1v) is 5.15. The zero-order valence-electron chi connectivity index (χ0n) is 9.23. The topological polar surface area (TPSA) is 72.9 Å². The van der Waals surface area contributed by atoms with Crippen LogP contribution in [0.2, 0.25) is 0 Å². The van der Waals surface area contributed by atoms with Gasteiger partial charge in [0.05, 0.1) is 12.5 Å². The maximum absolute atomic E-state index is 11.6. The molecule has 0 spiro atoms. The highest BCUT2D eigenvalue weighted by molar-refractivity contribution is 5.92. The van der Waals surface area contributed by atoms with Crippen LogP contribution in [-0.2, 0) is 7.05 Å². The summed E-state index contributed by atoms with van der Waals surface area (Å²) in [7, 11) is 1.79. The highest BCUT2D eigenvalue weighted by Crippen LogP contribution is 1.96. The molecule has 0 saturated heterocycles. The van der Waals surface area contributed by atoms with E-state index in [-0.39, 0.29) is 11.9 Å². The molecule has 5 nitrogen and oxygen atoms in total. The Morgan fingerprint density at radius 1 is 1.73 bits per heavy atom. The lowest BCUT2D eigenvalue weighted by atomic mass is 10.2. The van der Waals surface area contributed by atoms with Gasteiger partial charge in [0.1, 0.15) is 5.69 Å². The Hall–Kier alpha value is -1.36. The first-order chi connectivity index (χ1) is 7.15. The zero-order chi connectivity index (χ0) is 11.3. The summed E-state index contributed by atoms with van der Waals surface area (Å²) in [6.45, 7) is 2.65. The fraction of sp³-hybridized carbons (Fsp3) is 0.600. The molecule has 0 radical (unpaired) electrons. The van der Waals surface area contributed by atoms with Gasteiger partial charge in [-0.15, -0.1) is 0 Å². The summed E-state index contributed by atoms with van der Waals surface area (Å²) in [5.41, 5.74) is 6.31. The minimum absolute atomic E-state index is 0.0988. The molecule has 0 aliphatic rings. The molecule has 1 rings (SSSR count). The Labute approximate surface area is 89.7 Å². The Morgan fingerprint density at radius 2 is 2.47 bits per heavy atom. The maximum Gasteiger partial charge on any atom is 0.269 e. The molecule has 3 N–H and O–H groups in total. The van der Waals surface area contributed by atoms with Crippen LogP contribution in [0.15, 0.2) is 12.5 Å². The molecule has 1 unspecified atom stereocenters. The summed E-state index contributed by atoms with van der Waals surface area (Å²) in [6, 6.07) is 0.164. The number of hydrogen-bond acceptors (Lipinski definition) is 3. The molecule has 5 heteroatoms. The van der Waals surface area contributed by atoms with Gasteiger partial charge in [-0.1, -0.05) is 6.92 Å². The van der Waals surface area contributed by atoms with Crippen molar-refractivity contribution in [1.82, 2.24) is 14.9 Å². The summed E-state index contributed by atoms with van der Waals surface area (Å²) in [5.74, 6) is -0.0988. The van der Waals surface area contributed by atoms with Crippen LogP contribution in [0.4, 0.5) is 0 Å². The fourth-order valence-corrected chi connectivity index (χ4v) is 1.24. The first kappa shape index (κ1) is 11.7. The Kier molecular flexibility index (Phi) is 4.30. The van der Waals surface area contributed by atoms with Gasteiger partial charge in [0.25, 0.3) is 5.91 Å². The number of carbonyl (C=O) groups is 1. The van der Waals surface area contributed by atoms with E-state index in [0.717, 1.165) is 12.8 Å². The predicted octanol–water partition coefficient (Wildman–Crippen LogP) is 0.277. The van der Waals surface area contributed by atoms with Crippen LogP contribution in [0.3, 0.4) is 0 Å². The van der Waals surface area contributed by atoms with E-state index >= 15 is 0 Å². The van der Waals surface area contributed by atoms with Crippen molar-refractivity contribution in [2.24, 2.45) is 12.8 Å². The molecular weight excluding hydrogens is 192 g/mol. The van der Waals surface area contributed by atoms with Crippen molar-refractivity contribution in [2.75, 3.05) is 6.54 Å². The highest BCUT2D eigenvalue weighted by atomic mass is 16.1. The summed E-state index contributed by atoms with van der Waals surface area (Å²) in [5, 5.41) is 2.81. The third-order valence-corrected chi connectivity index (χ3v) is 2.37. The number of carbonyl (C=O) groups excluding carboxylic acids is 1. The van der Waals surface area contributed by atoms with Crippen LogP contribution in [0, 0.1) is 0 Å². The van der Waals surface area contributed by atoms with Crippen molar-refractivity contribution in [3.05, 3.63) is 18.2 Å². The number of hydrogen-bond donors (Lipinski definition) is 2. The van der Waals surface area contributed by atoms with Gasteiger partial charge < -0.3 is 15.6 Å². The van der Waals surface area contributed by atoms with E-state index in [1.165, 1.54) is 0 Å². The van der Waals surface area contributed by atoms with Gasteiger partial charge in [-0.3, -0.25) is 4.79 Å². The van der Waals surface area contributed by atoms with E-state index in [0.29, 0.717) is 12.2 Å². The van der Waals surface area contributed by atoms with Gasteiger partial charge in [-0.2, -0.15) is 0 Å². The molecule has 1 heterocycles. The van der Waals surface area contributed by atoms with E-state index in [1.54, 1.807) is 24.1 Å². The molecule has 0 aliphatic carbocycles. The monoisotopic (exact) mass is 210 g/mol. The second kappa shape index (κ2) is 5.50. The van der Waals surface area contributed by atoms with Crippen LogP contribution in [0.1, 0.15) is 30.3 Å². The molecule has 0 fully saturated rings. The number of aromatic nitrogens is 2.